The van der Waals surface area contributed by atoms with Gasteiger partial charge in [-0.25, -0.2) is 4.79 Å². The molecule has 0 saturated heterocycles. The number of amides is 1. The third kappa shape index (κ3) is 2.51. The Morgan fingerprint density at radius 1 is 1.58 bits per heavy atom. The Hall–Kier alpha value is -2.13. The highest BCUT2D eigenvalue weighted by Crippen LogP contribution is 2.37. The monoisotopic (exact) mass is 272 g/mol. The standard InChI is InChI=1S/C9H12N4O6/c1-4(14)11-9(19)6(15)2-5(7(16)17)3-8(9,18)12-13-10/h2,6,15,18-19H,3H2,1H3,(H,11,14)(H,16,17). The molecule has 0 fully saturated rings. The largest absolute Gasteiger partial charge is 0.478 e. The van der Waals surface area contributed by atoms with E-state index in [1.54, 1.807) is 0 Å². The Labute approximate surface area is 106 Å². The minimum Gasteiger partial charge on any atom is -0.478 e. The topological polar surface area (TPSA) is 176 Å². The Kier molecular flexibility index (Phi) is 3.82. The fraction of sp³-hybridized carbons (Fsp3) is 0.556. The van der Waals surface area contributed by atoms with Crippen LogP contribution in [0, 0.1) is 0 Å². The molecule has 3 atom stereocenters. The maximum atomic E-state index is 11.0. The van der Waals surface area contributed by atoms with Gasteiger partial charge in [0.15, 0.2) is 5.72 Å². The number of carboxylic acids is 1. The average Bonchev–Trinajstić information content (AvgIpc) is 2.25. The molecule has 1 rings (SSSR count). The van der Waals surface area contributed by atoms with Crippen LogP contribution in [0.3, 0.4) is 0 Å². The molecule has 0 aromatic heterocycles. The first-order valence-corrected chi connectivity index (χ1v) is 5.08. The Bertz CT molecular complexity index is 499. The third-order valence-corrected chi connectivity index (χ3v) is 2.69. The molecule has 1 amide bonds. The van der Waals surface area contributed by atoms with Crippen molar-refractivity contribution in [2.45, 2.75) is 30.9 Å². The number of carbonyl (C=O) groups excluding carboxylic acids is 1. The van der Waals surface area contributed by atoms with Gasteiger partial charge in [0.2, 0.25) is 11.6 Å². The molecule has 5 N–H and O–H groups in total. The van der Waals surface area contributed by atoms with E-state index in [0.717, 1.165) is 13.0 Å². The molecule has 10 heteroatoms. The van der Waals surface area contributed by atoms with Crippen molar-refractivity contribution in [3.8, 4) is 0 Å². The molecule has 0 bridgehead atoms. The lowest BCUT2D eigenvalue weighted by Gasteiger charge is -2.45. The number of nitrogens with zero attached hydrogens (tertiary/aromatic N) is 3. The maximum absolute atomic E-state index is 11.0. The van der Waals surface area contributed by atoms with Gasteiger partial charge in [-0.3, -0.25) is 4.79 Å². The van der Waals surface area contributed by atoms with Crippen LogP contribution in [0.15, 0.2) is 16.8 Å². The van der Waals surface area contributed by atoms with Crippen molar-refractivity contribution >= 4 is 11.9 Å². The molecule has 0 heterocycles. The van der Waals surface area contributed by atoms with E-state index in [-0.39, 0.29) is 0 Å². The van der Waals surface area contributed by atoms with Gasteiger partial charge in [-0.2, -0.15) is 0 Å². The zero-order valence-electron chi connectivity index (χ0n) is 9.81. The van der Waals surface area contributed by atoms with Crippen molar-refractivity contribution in [3.05, 3.63) is 22.1 Å². The predicted octanol–water partition coefficient (Wildman–Crippen LogP) is -1.41. The van der Waals surface area contributed by atoms with Crippen LogP contribution in [0.5, 0.6) is 0 Å². The van der Waals surface area contributed by atoms with E-state index in [1.807, 2.05) is 5.32 Å². The zero-order valence-corrected chi connectivity index (χ0v) is 9.81. The summed E-state index contributed by atoms with van der Waals surface area (Å²) in [6.45, 7) is 0.998. The molecule has 1 aliphatic rings. The Balaban J connectivity index is 3.37. The third-order valence-electron chi connectivity index (χ3n) is 2.69. The quantitative estimate of drug-likeness (QED) is 0.182. The van der Waals surface area contributed by atoms with Crippen LogP contribution in [0.2, 0.25) is 0 Å². The summed E-state index contributed by atoms with van der Waals surface area (Å²) in [5.41, 5.74) is 2.48. The SMILES string of the molecule is CC(=O)NC1(O)C(O)C=C(C(=O)O)CC1(O)N=[N+]=[N-]. The van der Waals surface area contributed by atoms with Crippen LogP contribution in [0.4, 0.5) is 0 Å². The van der Waals surface area contributed by atoms with Crippen LogP contribution in [-0.2, 0) is 9.59 Å². The summed E-state index contributed by atoms with van der Waals surface area (Å²) in [5.74, 6) is -2.28. The van der Waals surface area contributed by atoms with E-state index < -0.39 is 41.4 Å². The molecule has 0 radical (unpaired) electrons. The van der Waals surface area contributed by atoms with Gasteiger partial charge in [0.05, 0.1) is 0 Å². The number of azide groups is 1. The van der Waals surface area contributed by atoms with E-state index in [2.05, 4.69) is 10.0 Å². The average molecular weight is 272 g/mol. The number of carboxylic acid groups (broad SMARTS) is 1. The van der Waals surface area contributed by atoms with Crippen LogP contribution in [-0.4, -0.2) is 49.9 Å². The van der Waals surface area contributed by atoms with Gasteiger partial charge in [-0.05, 0) is 11.6 Å². The second kappa shape index (κ2) is 4.86. The molecule has 0 spiro atoms. The highest BCUT2D eigenvalue weighted by atomic mass is 16.4. The van der Waals surface area contributed by atoms with E-state index in [9.17, 15) is 24.9 Å². The summed E-state index contributed by atoms with van der Waals surface area (Å²) in [7, 11) is 0. The first kappa shape index (κ1) is 14.9. The summed E-state index contributed by atoms with van der Waals surface area (Å²) in [5, 5.41) is 43.5. The number of nitrogens with one attached hydrogen (secondary N) is 1. The number of aliphatic hydroxyl groups excluding tert-OH is 1. The normalized spacial score (nSPS) is 33.9. The molecule has 104 valence electrons. The van der Waals surface area contributed by atoms with Crippen LogP contribution in [0.1, 0.15) is 13.3 Å². The fourth-order valence-electron chi connectivity index (χ4n) is 1.78. The summed E-state index contributed by atoms with van der Waals surface area (Å²) < 4.78 is 0. The van der Waals surface area contributed by atoms with Crippen molar-refractivity contribution in [2.75, 3.05) is 0 Å². The summed E-state index contributed by atoms with van der Waals surface area (Å²) in [6.07, 6.45) is -1.99. The van der Waals surface area contributed by atoms with Crippen molar-refractivity contribution in [2.24, 2.45) is 5.11 Å². The van der Waals surface area contributed by atoms with E-state index in [4.69, 9.17) is 10.6 Å². The molecule has 1 aliphatic carbocycles. The van der Waals surface area contributed by atoms with Gasteiger partial charge >= 0.3 is 5.97 Å². The lowest BCUT2D eigenvalue weighted by Crippen LogP contribution is -2.70. The minimum atomic E-state index is -2.73. The molecule has 10 nitrogen and oxygen atoms in total. The Morgan fingerprint density at radius 3 is 2.58 bits per heavy atom. The predicted molar refractivity (Wildman–Crippen MR) is 59.2 cm³/mol. The molecule has 0 aromatic rings. The molecule has 0 aliphatic heterocycles. The minimum absolute atomic E-state index is 0.461. The second-order valence-corrected chi connectivity index (χ2v) is 4.07. The zero-order chi connectivity index (χ0) is 14.8. The molecule has 19 heavy (non-hydrogen) atoms. The summed E-state index contributed by atoms with van der Waals surface area (Å²) in [6, 6.07) is 0. The maximum Gasteiger partial charge on any atom is 0.331 e. The Morgan fingerprint density at radius 2 is 2.16 bits per heavy atom. The smallest absolute Gasteiger partial charge is 0.331 e. The van der Waals surface area contributed by atoms with Gasteiger partial charge in [-0.15, -0.1) is 0 Å². The number of aliphatic carboxylic acids is 1. The van der Waals surface area contributed by atoms with E-state index in [1.165, 1.54) is 0 Å². The lowest BCUT2D eigenvalue weighted by atomic mass is 9.81. The van der Waals surface area contributed by atoms with Gasteiger partial charge in [-0.1, -0.05) is 5.11 Å². The first-order chi connectivity index (χ1) is 8.66. The van der Waals surface area contributed by atoms with Crippen molar-refractivity contribution in [1.29, 1.82) is 0 Å². The molecular formula is C9H12N4O6. The molecule has 0 aromatic carbocycles. The number of aliphatic hydroxyl groups is 3. The molecule has 3 unspecified atom stereocenters. The second-order valence-electron chi connectivity index (χ2n) is 4.07. The fourth-order valence-corrected chi connectivity index (χ4v) is 1.78. The number of rotatable bonds is 3. The molecular weight excluding hydrogens is 260 g/mol. The lowest BCUT2D eigenvalue weighted by molar-refractivity contribution is -0.212. The van der Waals surface area contributed by atoms with Crippen molar-refractivity contribution < 1.29 is 30.0 Å². The van der Waals surface area contributed by atoms with Gasteiger partial charge in [0.1, 0.15) is 6.10 Å². The van der Waals surface area contributed by atoms with Gasteiger partial charge < -0.3 is 25.7 Å². The van der Waals surface area contributed by atoms with Crippen LogP contribution < -0.4 is 5.32 Å². The number of carbonyl (C=O) groups is 2. The highest BCUT2D eigenvalue weighted by Gasteiger charge is 2.57. The number of hydrogen-bond donors (Lipinski definition) is 5. The van der Waals surface area contributed by atoms with Crippen molar-refractivity contribution in [1.82, 2.24) is 5.32 Å². The van der Waals surface area contributed by atoms with E-state index in [0.29, 0.717) is 0 Å². The summed E-state index contributed by atoms with van der Waals surface area (Å²) in [4.78, 5) is 24.1. The highest BCUT2D eigenvalue weighted by molar-refractivity contribution is 5.87. The van der Waals surface area contributed by atoms with Crippen molar-refractivity contribution in [3.63, 3.8) is 0 Å². The first-order valence-electron chi connectivity index (χ1n) is 5.08. The summed E-state index contributed by atoms with van der Waals surface area (Å²) >= 11 is 0. The van der Waals surface area contributed by atoms with Crippen LogP contribution >= 0.6 is 0 Å². The number of hydrogen-bond acceptors (Lipinski definition) is 6. The molecule has 0 saturated carbocycles. The van der Waals surface area contributed by atoms with Gasteiger partial charge in [0.25, 0.3) is 0 Å². The van der Waals surface area contributed by atoms with Crippen LogP contribution in [0.25, 0.3) is 10.4 Å². The van der Waals surface area contributed by atoms with E-state index >= 15 is 0 Å². The van der Waals surface area contributed by atoms with Gasteiger partial charge in [0, 0.05) is 23.8 Å².